The second-order valence-corrected chi connectivity index (χ2v) is 4.32. The molecule has 0 unspecified atom stereocenters. The Hall–Kier alpha value is -2.34. The van der Waals surface area contributed by atoms with Crippen LogP contribution in [0.4, 0.5) is 0 Å². The molecule has 0 aliphatic carbocycles. The van der Waals surface area contributed by atoms with Crippen LogP contribution in [0.5, 0.6) is 11.6 Å². The summed E-state index contributed by atoms with van der Waals surface area (Å²) in [6, 6.07) is 13.2. The molecule has 0 atom stereocenters. The van der Waals surface area contributed by atoms with Gasteiger partial charge in [0.1, 0.15) is 5.75 Å². The van der Waals surface area contributed by atoms with Gasteiger partial charge in [-0.15, -0.1) is 0 Å². The Balaban J connectivity index is 2.16. The molecule has 3 heteroatoms. The van der Waals surface area contributed by atoms with E-state index in [4.69, 9.17) is 10.00 Å². The van der Waals surface area contributed by atoms with Crippen LogP contribution in [-0.2, 0) is 0 Å². The van der Waals surface area contributed by atoms with Crippen LogP contribution < -0.4 is 4.74 Å². The molecule has 3 nitrogen and oxygen atoms in total. The lowest BCUT2D eigenvalue weighted by Crippen LogP contribution is -1.90. The van der Waals surface area contributed by atoms with Gasteiger partial charge in [-0.25, -0.2) is 4.98 Å². The van der Waals surface area contributed by atoms with Gasteiger partial charge >= 0.3 is 0 Å². The zero-order valence-corrected chi connectivity index (χ0v) is 10.4. The van der Waals surface area contributed by atoms with Gasteiger partial charge in [0.2, 0.25) is 5.88 Å². The van der Waals surface area contributed by atoms with Gasteiger partial charge in [-0.1, -0.05) is 26.0 Å². The third kappa shape index (κ3) is 2.86. The van der Waals surface area contributed by atoms with E-state index in [0.29, 0.717) is 17.4 Å². The van der Waals surface area contributed by atoms with Crippen molar-refractivity contribution < 1.29 is 4.74 Å². The largest absolute Gasteiger partial charge is 0.439 e. The van der Waals surface area contributed by atoms with E-state index in [1.165, 1.54) is 5.56 Å². The summed E-state index contributed by atoms with van der Waals surface area (Å²) >= 11 is 0. The Kier molecular flexibility index (Phi) is 3.59. The number of ether oxygens (including phenoxy) is 1. The third-order valence-corrected chi connectivity index (χ3v) is 2.63. The molecule has 2 rings (SSSR count). The van der Waals surface area contributed by atoms with E-state index in [2.05, 4.69) is 24.9 Å². The minimum Gasteiger partial charge on any atom is -0.439 e. The fourth-order valence-corrected chi connectivity index (χ4v) is 1.58. The van der Waals surface area contributed by atoms with Crippen molar-refractivity contribution in [2.45, 2.75) is 19.8 Å². The minimum atomic E-state index is 0.436. The molecule has 1 aromatic carbocycles. The molecule has 0 fully saturated rings. The fraction of sp³-hybridized carbons (Fsp3) is 0.200. The maximum Gasteiger partial charge on any atom is 0.220 e. The first kappa shape index (κ1) is 12.1. The Bertz CT molecular complexity index is 568. The lowest BCUT2D eigenvalue weighted by Gasteiger charge is -2.07. The third-order valence-electron chi connectivity index (χ3n) is 2.63. The molecular weight excluding hydrogens is 224 g/mol. The van der Waals surface area contributed by atoms with E-state index in [1.54, 1.807) is 18.3 Å². The van der Waals surface area contributed by atoms with Crippen molar-refractivity contribution in [2.24, 2.45) is 0 Å². The van der Waals surface area contributed by atoms with E-state index in [0.717, 1.165) is 5.75 Å². The van der Waals surface area contributed by atoms with Crippen molar-refractivity contribution in [2.75, 3.05) is 0 Å². The molecule has 0 radical (unpaired) electrons. The van der Waals surface area contributed by atoms with Gasteiger partial charge in [0, 0.05) is 12.3 Å². The normalized spacial score (nSPS) is 10.1. The standard InChI is InChI=1S/C15H14N2O/c1-11(2)13-3-5-14(6-4-13)18-15-9-12(10-16)7-8-17-15/h3-9,11H,1-2H3. The molecule has 0 N–H and O–H groups in total. The molecular formula is C15H14N2O. The topological polar surface area (TPSA) is 45.9 Å². The monoisotopic (exact) mass is 238 g/mol. The smallest absolute Gasteiger partial charge is 0.220 e. The maximum atomic E-state index is 8.79. The maximum absolute atomic E-state index is 8.79. The Labute approximate surface area is 107 Å². The van der Waals surface area contributed by atoms with Crippen molar-refractivity contribution in [1.29, 1.82) is 5.26 Å². The number of pyridine rings is 1. The van der Waals surface area contributed by atoms with Crippen LogP contribution in [-0.4, -0.2) is 4.98 Å². The summed E-state index contributed by atoms with van der Waals surface area (Å²) in [5.74, 6) is 1.66. The second-order valence-electron chi connectivity index (χ2n) is 4.32. The number of rotatable bonds is 3. The summed E-state index contributed by atoms with van der Waals surface area (Å²) in [4.78, 5) is 4.07. The summed E-state index contributed by atoms with van der Waals surface area (Å²) in [7, 11) is 0. The summed E-state index contributed by atoms with van der Waals surface area (Å²) in [6.07, 6.45) is 1.57. The highest BCUT2D eigenvalue weighted by molar-refractivity contribution is 5.35. The molecule has 0 saturated carbocycles. The number of benzene rings is 1. The van der Waals surface area contributed by atoms with Gasteiger partial charge in [-0.3, -0.25) is 0 Å². The van der Waals surface area contributed by atoms with Gasteiger partial charge in [-0.2, -0.15) is 5.26 Å². The zero-order chi connectivity index (χ0) is 13.0. The summed E-state index contributed by atoms with van der Waals surface area (Å²) < 4.78 is 5.59. The molecule has 1 heterocycles. The predicted octanol–water partition coefficient (Wildman–Crippen LogP) is 3.87. The van der Waals surface area contributed by atoms with Crippen LogP contribution in [0, 0.1) is 11.3 Å². The van der Waals surface area contributed by atoms with Gasteiger partial charge in [-0.05, 0) is 29.7 Å². The first-order chi connectivity index (χ1) is 8.69. The van der Waals surface area contributed by atoms with E-state index in [9.17, 15) is 0 Å². The minimum absolute atomic E-state index is 0.436. The number of nitrogens with zero attached hydrogens (tertiary/aromatic N) is 2. The predicted molar refractivity (Wildman–Crippen MR) is 69.6 cm³/mol. The van der Waals surface area contributed by atoms with Crippen LogP contribution in [0.2, 0.25) is 0 Å². The van der Waals surface area contributed by atoms with E-state index in [-0.39, 0.29) is 0 Å². The molecule has 18 heavy (non-hydrogen) atoms. The number of aromatic nitrogens is 1. The highest BCUT2D eigenvalue weighted by Crippen LogP contribution is 2.22. The van der Waals surface area contributed by atoms with Crippen molar-refractivity contribution >= 4 is 0 Å². The SMILES string of the molecule is CC(C)c1ccc(Oc2cc(C#N)ccn2)cc1. The Morgan fingerprint density at radius 2 is 1.89 bits per heavy atom. The Morgan fingerprint density at radius 3 is 2.50 bits per heavy atom. The van der Waals surface area contributed by atoms with Gasteiger partial charge in [0.05, 0.1) is 11.6 Å². The lowest BCUT2D eigenvalue weighted by atomic mass is 10.0. The van der Waals surface area contributed by atoms with E-state index >= 15 is 0 Å². The van der Waals surface area contributed by atoms with Crippen molar-refractivity contribution in [3.05, 3.63) is 53.7 Å². The quantitative estimate of drug-likeness (QED) is 0.815. The summed E-state index contributed by atoms with van der Waals surface area (Å²) in [5.41, 5.74) is 1.81. The fourth-order valence-electron chi connectivity index (χ4n) is 1.58. The number of nitriles is 1. The van der Waals surface area contributed by atoms with Crippen molar-refractivity contribution in [1.82, 2.24) is 4.98 Å². The zero-order valence-electron chi connectivity index (χ0n) is 10.4. The van der Waals surface area contributed by atoms with Crippen molar-refractivity contribution in [3.8, 4) is 17.7 Å². The average molecular weight is 238 g/mol. The number of hydrogen-bond acceptors (Lipinski definition) is 3. The van der Waals surface area contributed by atoms with Crippen LogP contribution in [0.15, 0.2) is 42.6 Å². The van der Waals surface area contributed by atoms with Crippen LogP contribution in [0.1, 0.15) is 30.9 Å². The molecule has 0 saturated heterocycles. The number of hydrogen-bond donors (Lipinski definition) is 0. The van der Waals surface area contributed by atoms with E-state index < -0.39 is 0 Å². The first-order valence-electron chi connectivity index (χ1n) is 5.83. The van der Waals surface area contributed by atoms with Crippen LogP contribution in [0.25, 0.3) is 0 Å². The Morgan fingerprint density at radius 1 is 1.17 bits per heavy atom. The van der Waals surface area contributed by atoms with Crippen LogP contribution in [0.3, 0.4) is 0 Å². The molecule has 90 valence electrons. The molecule has 2 aromatic rings. The van der Waals surface area contributed by atoms with E-state index in [1.807, 2.05) is 24.3 Å². The van der Waals surface area contributed by atoms with Gasteiger partial charge in [0.15, 0.2) is 0 Å². The van der Waals surface area contributed by atoms with Crippen LogP contribution >= 0.6 is 0 Å². The highest BCUT2D eigenvalue weighted by Gasteiger charge is 2.02. The average Bonchev–Trinajstić information content (AvgIpc) is 2.39. The molecule has 1 aromatic heterocycles. The van der Waals surface area contributed by atoms with Gasteiger partial charge in [0.25, 0.3) is 0 Å². The molecule has 0 aliphatic rings. The first-order valence-corrected chi connectivity index (χ1v) is 5.83. The lowest BCUT2D eigenvalue weighted by molar-refractivity contribution is 0.462. The molecule has 0 aliphatic heterocycles. The van der Waals surface area contributed by atoms with Gasteiger partial charge < -0.3 is 4.74 Å². The van der Waals surface area contributed by atoms with Crippen molar-refractivity contribution in [3.63, 3.8) is 0 Å². The summed E-state index contributed by atoms with van der Waals surface area (Å²) in [6.45, 7) is 4.29. The highest BCUT2D eigenvalue weighted by atomic mass is 16.5. The summed E-state index contributed by atoms with van der Waals surface area (Å²) in [5, 5.41) is 8.79. The molecule has 0 amide bonds. The molecule has 0 bridgehead atoms. The second kappa shape index (κ2) is 5.33. The molecule has 0 spiro atoms.